The highest BCUT2D eigenvalue weighted by Crippen LogP contribution is 2.43. The molecule has 0 unspecified atom stereocenters. The van der Waals surface area contributed by atoms with E-state index in [2.05, 4.69) is 31.0 Å². The van der Waals surface area contributed by atoms with E-state index in [1.165, 1.54) is 30.7 Å². The predicted octanol–water partition coefficient (Wildman–Crippen LogP) is 4.17. The lowest BCUT2D eigenvalue weighted by molar-refractivity contribution is 0.169. The lowest BCUT2D eigenvalue weighted by Gasteiger charge is -2.36. The van der Waals surface area contributed by atoms with Crippen LogP contribution in [0.3, 0.4) is 0 Å². The molecule has 0 aromatic carbocycles. The van der Waals surface area contributed by atoms with Gasteiger partial charge in [-0.05, 0) is 43.9 Å². The van der Waals surface area contributed by atoms with Gasteiger partial charge in [0.15, 0.2) is 0 Å². The van der Waals surface area contributed by atoms with E-state index in [-0.39, 0.29) is 0 Å². The SMILES string of the molecule is Cc1nnc(C2CCC(C(C)(C)C)CC2)s1. The van der Waals surface area contributed by atoms with E-state index < -0.39 is 0 Å². The molecule has 1 aromatic rings. The second-order valence-corrected chi connectivity index (χ2v) is 7.29. The first-order chi connectivity index (χ1) is 7.47. The van der Waals surface area contributed by atoms with E-state index >= 15 is 0 Å². The molecule has 2 rings (SSSR count). The smallest absolute Gasteiger partial charge is 0.120 e. The normalized spacial score (nSPS) is 27.0. The Morgan fingerprint density at radius 2 is 1.69 bits per heavy atom. The fraction of sp³-hybridized carbons (Fsp3) is 0.846. The van der Waals surface area contributed by atoms with E-state index in [1.54, 1.807) is 11.3 Å². The molecule has 90 valence electrons. The summed E-state index contributed by atoms with van der Waals surface area (Å²) in [4.78, 5) is 0. The molecule has 1 saturated carbocycles. The monoisotopic (exact) mass is 238 g/mol. The van der Waals surface area contributed by atoms with Crippen LogP contribution in [0.4, 0.5) is 0 Å². The highest BCUT2D eigenvalue weighted by Gasteiger charge is 2.31. The Hall–Kier alpha value is -0.440. The second kappa shape index (κ2) is 4.44. The molecule has 3 heteroatoms. The van der Waals surface area contributed by atoms with Crippen molar-refractivity contribution in [1.29, 1.82) is 0 Å². The second-order valence-electron chi connectivity index (χ2n) is 6.07. The molecule has 0 radical (unpaired) electrons. The zero-order valence-corrected chi connectivity index (χ0v) is 11.6. The van der Waals surface area contributed by atoms with E-state index in [0.29, 0.717) is 11.3 Å². The molecular formula is C13H22N2S. The first-order valence-electron chi connectivity index (χ1n) is 6.27. The summed E-state index contributed by atoms with van der Waals surface area (Å²) in [5.41, 5.74) is 0.474. The van der Waals surface area contributed by atoms with Gasteiger partial charge in [0.25, 0.3) is 0 Å². The van der Waals surface area contributed by atoms with E-state index in [0.717, 1.165) is 10.9 Å². The minimum atomic E-state index is 0.474. The molecule has 0 bridgehead atoms. The van der Waals surface area contributed by atoms with Gasteiger partial charge in [-0.3, -0.25) is 0 Å². The summed E-state index contributed by atoms with van der Waals surface area (Å²) in [6.45, 7) is 9.15. The number of aromatic nitrogens is 2. The minimum absolute atomic E-state index is 0.474. The van der Waals surface area contributed by atoms with Gasteiger partial charge < -0.3 is 0 Å². The Morgan fingerprint density at radius 3 is 2.12 bits per heavy atom. The van der Waals surface area contributed by atoms with Crippen molar-refractivity contribution in [3.8, 4) is 0 Å². The van der Waals surface area contributed by atoms with Crippen LogP contribution in [0, 0.1) is 18.3 Å². The van der Waals surface area contributed by atoms with Gasteiger partial charge in [0.2, 0.25) is 0 Å². The first-order valence-corrected chi connectivity index (χ1v) is 7.08. The summed E-state index contributed by atoms with van der Waals surface area (Å²) < 4.78 is 0. The van der Waals surface area contributed by atoms with Crippen LogP contribution < -0.4 is 0 Å². The molecule has 2 nitrogen and oxygen atoms in total. The Kier molecular flexibility index (Phi) is 3.34. The molecule has 1 fully saturated rings. The minimum Gasteiger partial charge on any atom is -0.144 e. The lowest BCUT2D eigenvalue weighted by Crippen LogP contribution is -2.25. The van der Waals surface area contributed by atoms with Crippen LogP contribution in [-0.4, -0.2) is 10.2 Å². The molecule has 16 heavy (non-hydrogen) atoms. The summed E-state index contributed by atoms with van der Waals surface area (Å²) in [5, 5.41) is 10.8. The Morgan fingerprint density at radius 1 is 1.06 bits per heavy atom. The number of hydrogen-bond acceptors (Lipinski definition) is 3. The summed E-state index contributed by atoms with van der Waals surface area (Å²) in [6.07, 6.45) is 5.31. The summed E-state index contributed by atoms with van der Waals surface area (Å²) in [7, 11) is 0. The van der Waals surface area contributed by atoms with Gasteiger partial charge >= 0.3 is 0 Å². The molecule has 0 atom stereocenters. The van der Waals surface area contributed by atoms with Gasteiger partial charge in [0.05, 0.1) is 0 Å². The molecule has 0 N–H and O–H groups in total. The van der Waals surface area contributed by atoms with E-state index in [1.807, 2.05) is 6.92 Å². The molecule has 0 saturated heterocycles. The van der Waals surface area contributed by atoms with Crippen LogP contribution in [0.1, 0.15) is 62.4 Å². The zero-order valence-electron chi connectivity index (χ0n) is 10.8. The van der Waals surface area contributed by atoms with Crippen LogP contribution in [0.15, 0.2) is 0 Å². The van der Waals surface area contributed by atoms with E-state index in [9.17, 15) is 0 Å². The van der Waals surface area contributed by atoms with Crippen LogP contribution in [-0.2, 0) is 0 Å². The molecule has 0 spiro atoms. The zero-order chi connectivity index (χ0) is 11.8. The van der Waals surface area contributed by atoms with Crippen LogP contribution in [0.25, 0.3) is 0 Å². The maximum atomic E-state index is 4.30. The highest BCUT2D eigenvalue weighted by molar-refractivity contribution is 7.11. The number of aryl methyl sites for hydroxylation is 1. The van der Waals surface area contributed by atoms with Crippen molar-refractivity contribution < 1.29 is 0 Å². The topological polar surface area (TPSA) is 25.8 Å². The highest BCUT2D eigenvalue weighted by atomic mass is 32.1. The van der Waals surface area contributed by atoms with Gasteiger partial charge in [-0.15, -0.1) is 21.5 Å². The van der Waals surface area contributed by atoms with Crippen molar-refractivity contribution in [3.63, 3.8) is 0 Å². The van der Waals surface area contributed by atoms with Crippen molar-refractivity contribution in [1.82, 2.24) is 10.2 Å². The standard InChI is InChI=1S/C13H22N2S/c1-9-14-15-12(16-9)10-5-7-11(8-6-10)13(2,3)4/h10-11H,5-8H2,1-4H3. The van der Waals surface area contributed by atoms with E-state index in [4.69, 9.17) is 0 Å². The van der Waals surface area contributed by atoms with Crippen molar-refractivity contribution in [3.05, 3.63) is 10.0 Å². The Balaban J connectivity index is 1.95. The van der Waals surface area contributed by atoms with Gasteiger partial charge in [-0.1, -0.05) is 20.8 Å². The fourth-order valence-corrected chi connectivity index (χ4v) is 3.55. The number of hydrogen-bond donors (Lipinski definition) is 0. The average Bonchev–Trinajstić information content (AvgIpc) is 2.64. The fourth-order valence-electron chi connectivity index (χ4n) is 2.68. The molecule has 0 amide bonds. The molecule has 1 aliphatic carbocycles. The summed E-state index contributed by atoms with van der Waals surface area (Å²) in [5.74, 6) is 1.57. The van der Waals surface area contributed by atoms with Gasteiger partial charge in [0.1, 0.15) is 10.0 Å². The van der Waals surface area contributed by atoms with Crippen molar-refractivity contribution in [2.75, 3.05) is 0 Å². The number of rotatable bonds is 1. The third-order valence-electron chi connectivity index (χ3n) is 3.84. The summed E-state index contributed by atoms with van der Waals surface area (Å²) >= 11 is 1.78. The lowest BCUT2D eigenvalue weighted by atomic mass is 9.70. The summed E-state index contributed by atoms with van der Waals surface area (Å²) in [6, 6.07) is 0. The largest absolute Gasteiger partial charge is 0.144 e. The quantitative estimate of drug-likeness (QED) is 0.734. The predicted molar refractivity (Wildman–Crippen MR) is 68.8 cm³/mol. The maximum Gasteiger partial charge on any atom is 0.120 e. The molecule has 0 aliphatic heterocycles. The van der Waals surface area contributed by atoms with Gasteiger partial charge in [0, 0.05) is 5.92 Å². The third kappa shape index (κ3) is 2.62. The maximum absolute atomic E-state index is 4.30. The molecule has 1 heterocycles. The Bertz CT molecular complexity index is 343. The van der Waals surface area contributed by atoms with Crippen LogP contribution in [0.2, 0.25) is 0 Å². The van der Waals surface area contributed by atoms with Gasteiger partial charge in [-0.25, -0.2) is 0 Å². The van der Waals surface area contributed by atoms with Crippen molar-refractivity contribution >= 4 is 11.3 Å². The molecular weight excluding hydrogens is 216 g/mol. The van der Waals surface area contributed by atoms with Crippen molar-refractivity contribution in [2.24, 2.45) is 11.3 Å². The number of nitrogens with zero attached hydrogens (tertiary/aromatic N) is 2. The van der Waals surface area contributed by atoms with Crippen LogP contribution in [0.5, 0.6) is 0 Å². The van der Waals surface area contributed by atoms with Crippen molar-refractivity contribution in [2.45, 2.75) is 59.3 Å². The molecule has 1 aromatic heterocycles. The first kappa shape index (κ1) is 12.0. The molecule has 1 aliphatic rings. The third-order valence-corrected chi connectivity index (χ3v) is 4.84. The average molecular weight is 238 g/mol. The Labute approximate surface area is 102 Å². The van der Waals surface area contributed by atoms with Gasteiger partial charge in [-0.2, -0.15) is 0 Å². The van der Waals surface area contributed by atoms with Crippen LogP contribution >= 0.6 is 11.3 Å².